The van der Waals surface area contributed by atoms with E-state index in [9.17, 15) is 0 Å². The summed E-state index contributed by atoms with van der Waals surface area (Å²) in [5.74, 6) is 0.916. The Kier molecular flexibility index (Phi) is 6.73. The normalized spacial score (nSPS) is 11.0. The summed E-state index contributed by atoms with van der Waals surface area (Å²) in [6.45, 7) is 5.61. The summed E-state index contributed by atoms with van der Waals surface area (Å²) in [6, 6.07) is 18.6. The van der Waals surface area contributed by atoms with Gasteiger partial charge >= 0.3 is 0 Å². The number of imidazole rings is 1. The summed E-state index contributed by atoms with van der Waals surface area (Å²) in [5.41, 5.74) is 4.59. The van der Waals surface area contributed by atoms with Crippen LogP contribution in [0.5, 0.6) is 5.75 Å². The van der Waals surface area contributed by atoms with Crippen molar-refractivity contribution in [2.24, 2.45) is 0 Å². The highest BCUT2D eigenvalue weighted by Gasteiger charge is 2.14. The summed E-state index contributed by atoms with van der Waals surface area (Å²) >= 11 is 1.66. The van der Waals surface area contributed by atoms with Crippen molar-refractivity contribution in [2.75, 3.05) is 0 Å². The fourth-order valence-electron chi connectivity index (χ4n) is 3.15. The minimum atomic E-state index is 0. The van der Waals surface area contributed by atoms with E-state index in [-0.39, 0.29) is 18.5 Å². The molecule has 1 N–H and O–H groups in total. The molecular formula is C22H24ClN3OS. The Bertz CT molecular complexity index is 1030. The minimum absolute atomic E-state index is 0. The van der Waals surface area contributed by atoms with Gasteiger partial charge in [-0.25, -0.2) is 4.98 Å². The molecule has 4 nitrogen and oxygen atoms in total. The van der Waals surface area contributed by atoms with Crippen LogP contribution in [0.15, 0.2) is 66.2 Å². The molecule has 0 unspecified atom stereocenters. The van der Waals surface area contributed by atoms with Gasteiger partial charge in [-0.05, 0) is 31.5 Å². The van der Waals surface area contributed by atoms with Crippen LogP contribution in [0.25, 0.3) is 16.2 Å². The predicted molar refractivity (Wildman–Crippen MR) is 119 cm³/mol. The zero-order valence-corrected chi connectivity index (χ0v) is 17.6. The average molecular weight is 414 g/mol. The van der Waals surface area contributed by atoms with E-state index in [1.54, 1.807) is 11.3 Å². The molecule has 0 fully saturated rings. The maximum atomic E-state index is 5.79. The van der Waals surface area contributed by atoms with Crippen molar-refractivity contribution in [1.29, 1.82) is 0 Å². The first-order chi connectivity index (χ1) is 13.2. The Morgan fingerprint density at radius 2 is 1.89 bits per heavy atom. The summed E-state index contributed by atoms with van der Waals surface area (Å²) in [5, 5.41) is 5.64. The predicted octanol–water partition coefficient (Wildman–Crippen LogP) is 5.56. The monoisotopic (exact) mass is 413 g/mol. The fourth-order valence-corrected chi connectivity index (χ4v) is 3.89. The molecule has 28 heavy (non-hydrogen) atoms. The Hall–Kier alpha value is -2.34. The first-order valence-electron chi connectivity index (χ1n) is 9.17. The maximum absolute atomic E-state index is 5.79. The summed E-state index contributed by atoms with van der Waals surface area (Å²) in [7, 11) is 0. The highest BCUT2D eigenvalue weighted by Crippen LogP contribution is 2.26. The molecule has 0 bridgehead atoms. The summed E-state index contributed by atoms with van der Waals surface area (Å²) < 4.78 is 7.97. The largest absolute Gasteiger partial charge is 0.491 e. The average Bonchev–Trinajstić information content (AvgIpc) is 3.24. The third kappa shape index (κ3) is 4.55. The highest BCUT2D eigenvalue weighted by atomic mass is 35.5. The molecule has 0 amide bonds. The number of thiazole rings is 1. The van der Waals surface area contributed by atoms with Gasteiger partial charge in [-0.2, -0.15) is 0 Å². The van der Waals surface area contributed by atoms with E-state index in [0.717, 1.165) is 35.1 Å². The smallest absolute Gasteiger partial charge is 0.194 e. The molecule has 0 aliphatic heterocycles. The SMILES string of the molecule is CC(C)Oc1cccc(CNCc2c(-c3ccccc3)nc3sccn23)c1.Cl. The lowest BCUT2D eigenvalue weighted by Gasteiger charge is -2.11. The third-order valence-corrected chi connectivity index (χ3v) is 5.06. The molecule has 4 rings (SSSR count). The molecule has 2 heterocycles. The number of fused-ring (bicyclic) bond motifs is 1. The van der Waals surface area contributed by atoms with Gasteiger partial charge in [0.15, 0.2) is 4.96 Å². The lowest BCUT2D eigenvalue weighted by Crippen LogP contribution is -2.15. The number of nitrogens with zero attached hydrogens (tertiary/aromatic N) is 2. The number of hydrogen-bond acceptors (Lipinski definition) is 4. The molecule has 0 aliphatic rings. The van der Waals surface area contributed by atoms with Crippen LogP contribution >= 0.6 is 23.7 Å². The van der Waals surface area contributed by atoms with E-state index in [0.29, 0.717) is 0 Å². The van der Waals surface area contributed by atoms with Crippen LogP contribution in [0.3, 0.4) is 0 Å². The van der Waals surface area contributed by atoms with Crippen LogP contribution in [-0.2, 0) is 13.1 Å². The van der Waals surface area contributed by atoms with Gasteiger partial charge in [0.1, 0.15) is 5.75 Å². The number of aromatic nitrogens is 2. The number of nitrogens with one attached hydrogen (secondary N) is 1. The van der Waals surface area contributed by atoms with Crippen LogP contribution in [0.2, 0.25) is 0 Å². The van der Waals surface area contributed by atoms with Crippen LogP contribution in [-0.4, -0.2) is 15.5 Å². The second-order valence-electron chi connectivity index (χ2n) is 6.75. The fraction of sp³-hybridized carbons (Fsp3) is 0.227. The van der Waals surface area contributed by atoms with E-state index in [2.05, 4.69) is 57.7 Å². The van der Waals surface area contributed by atoms with Gasteiger partial charge in [0.25, 0.3) is 0 Å². The molecule has 0 saturated heterocycles. The topological polar surface area (TPSA) is 38.6 Å². The molecule has 4 aromatic rings. The van der Waals surface area contributed by atoms with Gasteiger partial charge in [0.2, 0.25) is 0 Å². The minimum Gasteiger partial charge on any atom is -0.491 e. The highest BCUT2D eigenvalue weighted by molar-refractivity contribution is 7.15. The molecule has 0 aliphatic carbocycles. The lowest BCUT2D eigenvalue weighted by atomic mass is 10.1. The first-order valence-corrected chi connectivity index (χ1v) is 10.0. The molecule has 0 radical (unpaired) electrons. The standard InChI is InChI=1S/C22H23N3OS.ClH/c1-16(2)26-19-10-6-7-17(13-19)14-23-15-20-21(18-8-4-3-5-9-18)24-22-25(20)11-12-27-22;/h3-13,16,23H,14-15H2,1-2H3;1H. The van der Waals surface area contributed by atoms with Crippen molar-refractivity contribution < 1.29 is 4.74 Å². The third-order valence-electron chi connectivity index (χ3n) is 4.30. The van der Waals surface area contributed by atoms with E-state index in [4.69, 9.17) is 9.72 Å². The first kappa shape index (κ1) is 20.4. The lowest BCUT2D eigenvalue weighted by molar-refractivity contribution is 0.242. The van der Waals surface area contributed by atoms with Crippen LogP contribution < -0.4 is 10.1 Å². The maximum Gasteiger partial charge on any atom is 0.194 e. The molecular weight excluding hydrogens is 390 g/mol. The molecule has 0 atom stereocenters. The van der Waals surface area contributed by atoms with Crippen molar-refractivity contribution in [2.45, 2.75) is 33.0 Å². The van der Waals surface area contributed by atoms with Gasteiger partial charge in [-0.3, -0.25) is 4.40 Å². The van der Waals surface area contributed by atoms with Crippen LogP contribution in [0.4, 0.5) is 0 Å². The molecule has 6 heteroatoms. The van der Waals surface area contributed by atoms with Gasteiger partial charge in [0, 0.05) is 30.2 Å². The van der Waals surface area contributed by atoms with Crippen molar-refractivity contribution in [3.8, 4) is 17.0 Å². The number of benzene rings is 2. The zero-order chi connectivity index (χ0) is 18.6. The summed E-state index contributed by atoms with van der Waals surface area (Å²) in [4.78, 5) is 5.86. The Balaban J connectivity index is 0.00000225. The van der Waals surface area contributed by atoms with Crippen molar-refractivity contribution >= 4 is 28.7 Å². The van der Waals surface area contributed by atoms with E-state index < -0.39 is 0 Å². The second kappa shape index (κ2) is 9.24. The number of rotatable bonds is 7. The van der Waals surface area contributed by atoms with Gasteiger partial charge < -0.3 is 10.1 Å². The Labute approximate surface area is 175 Å². The van der Waals surface area contributed by atoms with Gasteiger partial charge in [-0.15, -0.1) is 23.7 Å². The number of halogens is 1. The molecule has 0 spiro atoms. The Morgan fingerprint density at radius 3 is 2.68 bits per heavy atom. The molecule has 0 saturated carbocycles. The van der Waals surface area contributed by atoms with Crippen molar-refractivity contribution in [1.82, 2.24) is 14.7 Å². The molecule has 2 aromatic heterocycles. The quantitative estimate of drug-likeness (QED) is 0.431. The second-order valence-corrected chi connectivity index (χ2v) is 7.62. The zero-order valence-electron chi connectivity index (χ0n) is 16.0. The molecule has 2 aromatic carbocycles. The van der Waals surface area contributed by atoms with Crippen LogP contribution in [0, 0.1) is 0 Å². The van der Waals surface area contributed by atoms with E-state index in [1.165, 1.54) is 11.3 Å². The number of ether oxygens (including phenoxy) is 1. The van der Waals surface area contributed by atoms with Gasteiger partial charge in [0.05, 0.1) is 17.5 Å². The summed E-state index contributed by atoms with van der Waals surface area (Å²) in [6.07, 6.45) is 2.27. The van der Waals surface area contributed by atoms with E-state index in [1.807, 2.05) is 32.0 Å². The van der Waals surface area contributed by atoms with Crippen LogP contribution in [0.1, 0.15) is 25.1 Å². The van der Waals surface area contributed by atoms with Crippen molar-refractivity contribution in [3.63, 3.8) is 0 Å². The number of hydrogen-bond donors (Lipinski definition) is 1. The van der Waals surface area contributed by atoms with E-state index >= 15 is 0 Å². The van der Waals surface area contributed by atoms with Gasteiger partial charge in [-0.1, -0.05) is 42.5 Å². The Morgan fingerprint density at radius 1 is 1.07 bits per heavy atom. The molecule has 146 valence electrons. The van der Waals surface area contributed by atoms with Crippen molar-refractivity contribution in [3.05, 3.63) is 77.4 Å².